The van der Waals surface area contributed by atoms with Crippen LogP contribution in [0.3, 0.4) is 0 Å². The fourth-order valence-corrected chi connectivity index (χ4v) is 3.74. The van der Waals surface area contributed by atoms with Crippen LogP contribution in [0.2, 0.25) is 0 Å². The third kappa shape index (κ3) is 3.95. The van der Waals surface area contributed by atoms with Gasteiger partial charge in [-0.3, -0.25) is 0 Å². The molecule has 0 bridgehead atoms. The Hall–Kier alpha value is 0.240. The predicted octanol–water partition coefficient (Wildman–Crippen LogP) is 4.64. The summed E-state index contributed by atoms with van der Waals surface area (Å²) in [6.45, 7) is 4.53. The number of rotatable bonds is 6. The van der Waals surface area contributed by atoms with Gasteiger partial charge in [-0.1, -0.05) is 45.7 Å². The normalized spacial score (nSPS) is 12.3. The zero-order valence-electron chi connectivity index (χ0n) is 9.30. The molecule has 0 atom stereocenters. The van der Waals surface area contributed by atoms with Crippen molar-refractivity contribution in [2.24, 2.45) is 11.3 Å². The molecule has 0 aliphatic heterocycles. The van der Waals surface area contributed by atoms with Crippen LogP contribution < -0.4 is 0 Å². The van der Waals surface area contributed by atoms with Gasteiger partial charge in [0.1, 0.15) is 5.76 Å². The smallest absolute Gasteiger partial charge is 0.104 e. The maximum atomic E-state index is 5.43. The van der Waals surface area contributed by atoms with E-state index in [9.17, 15) is 0 Å². The molecule has 0 unspecified atom stereocenters. The molecule has 0 spiro atoms. The molecule has 1 aromatic heterocycles. The summed E-state index contributed by atoms with van der Waals surface area (Å²) in [6.07, 6.45) is 3.94. The average Bonchev–Trinajstić information content (AvgIpc) is 2.68. The van der Waals surface area contributed by atoms with Crippen LogP contribution in [0.4, 0.5) is 0 Å². The first-order valence-corrected chi connectivity index (χ1v) is 7.50. The molecule has 1 rings (SSSR count). The number of hydrogen-bond donors (Lipinski definition) is 0. The Morgan fingerprint density at radius 3 is 2.40 bits per heavy atom. The van der Waals surface area contributed by atoms with Gasteiger partial charge in [0.15, 0.2) is 0 Å². The van der Waals surface area contributed by atoms with Crippen molar-refractivity contribution in [1.29, 1.82) is 0 Å². The van der Waals surface area contributed by atoms with E-state index >= 15 is 0 Å². The third-order valence-corrected chi connectivity index (χ3v) is 4.92. The summed E-state index contributed by atoms with van der Waals surface area (Å²) in [5, 5.41) is 2.01. The van der Waals surface area contributed by atoms with Gasteiger partial charge in [0.05, 0.1) is 6.26 Å². The van der Waals surface area contributed by atoms with Crippen molar-refractivity contribution < 1.29 is 4.42 Å². The molecule has 1 nitrogen and oxygen atoms in total. The van der Waals surface area contributed by atoms with Crippen molar-refractivity contribution in [3.05, 3.63) is 24.2 Å². The number of alkyl halides is 2. The molecule has 0 aliphatic carbocycles. The summed E-state index contributed by atoms with van der Waals surface area (Å²) in [7, 11) is 0. The van der Waals surface area contributed by atoms with Crippen LogP contribution in [0.5, 0.6) is 0 Å². The summed E-state index contributed by atoms with van der Waals surface area (Å²) in [5.74, 6) is 1.78. The minimum absolute atomic E-state index is 0.270. The lowest BCUT2D eigenvalue weighted by Gasteiger charge is -2.31. The van der Waals surface area contributed by atoms with E-state index in [1.165, 1.54) is 6.42 Å². The van der Waals surface area contributed by atoms with E-state index in [4.69, 9.17) is 4.42 Å². The highest BCUT2D eigenvalue weighted by atomic mass is 79.9. The second-order valence-corrected chi connectivity index (χ2v) is 5.74. The Bertz CT molecular complexity index is 263. The summed E-state index contributed by atoms with van der Waals surface area (Å²) < 4.78 is 5.43. The Kier molecular flexibility index (Phi) is 5.41. The van der Waals surface area contributed by atoms with Crippen molar-refractivity contribution in [1.82, 2.24) is 0 Å². The van der Waals surface area contributed by atoms with Crippen LogP contribution in [-0.4, -0.2) is 10.7 Å². The molecular weight excluding hydrogens is 320 g/mol. The van der Waals surface area contributed by atoms with Gasteiger partial charge in [-0.25, -0.2) is 0 Å². The lowest BCUT2D eigenvalue weighted by molar-refractivity contribution is 0.283. The molecule has 0 saturated heterocycles. The maximum Gasteiger partial charge on any atom is 0.104 e. The SMILES string of the molecule is CC(C)CC(CBr)(CBr)Cc1ccco1. The van der Waals surface area contributed by atoms with E-state index in [1.807, 2.05) is 6.07 Å². The van der Waals surface area contributed by atoms with Gasteiger partial charge in [0.25, 0.3) is 0 Å². The molecule has 3 heteroatoms. The van der Waals surface area contributed by atoms with E-state index in [0.29, 0.717) is 5.92 Å². The van der Waals surface area contributed by atoms with E-state index in [2.05, 4.69) is 51.8 Å². The van der Waals surface area contributed by atoms with Crippen molar-refractivity contribution in [3.63, 3.8) is 0 Å². The Morgan fingerprint density at radius 1 is 1.33 bits per heavy atom. The van der Waals surface area contributed by atoms with Crippen molar-refractivity contribution >= 4 is 31.9 Å². The predicted molar refractivity (Wildman–Crippen MR) is 71.9 cm³/mol. The highest BCUT2D eigenvalue weighted by molar-refractivity contribution is 9.09. The van der Waals surface area contributed by atoms with Crippen LogP contribution >= 0.6 is 31.9 Å². The van der Waals surface area contributed by atoms with E-state index in [-0.39, 0.29) is 5.41 Å². The largest absolute Gasteiger partial charge is 0.469 e. The summed E-state index contributed by atoms with van der Waals surface area (Å²) in [4.78, 5) is 0. The summed E-state index contributed by atoms with van der Waals surface area (Å²) >= 11 is 7.27. The quantitative estimate of drug-likeness (QED) is 0.689. The lowest BCUT2D eigenvalue weighted by atomic mass is 9.80. The van der Waals surface area contributed by atoms with Crippen molar-refractivity contribution in [3.8, 4) is 0 Å². The molecule has 0 aliphatic rings. The summed E-state index contributed by atoms with van der Waals surface area (Å²) in [6, 6.07) is 4.01. The second-order valence-electron chi connectivity index (χ2n) is 4.62. The first kappa shape index (κ1) is 13.3. The van der Waals surface area contributed by atoms with Crippen LogP contribution in [0, 0.1) is 11.3 Å². The van der Waals surface area contributed by atoms with Crippen LogP contribution in [0.15, 0.2) is 22.8 Å². The second kappa shape index (κ2) is 6.09. The summed E-state index contributed by atoms with van der Waals surface area (Å²) in [5.41, 5.74) is 0.270. The molecule has 15 heavy (non-hydrogen) atoms. The maximum absolute atomic E-state index is 5.43. The zero-order valence-corrected chi connectivity index (χ0v) is 12.5. The van der Waals surface area contributed by atoms with Crippen LogP contribution in [0.1, 0.15) is 26.0 Å². The number of hydrogen-bond acceptors (Lipinski definition) is 1. The molecule has 1 aromatic rings. The Morgan fingerprint density at radius 2 is 2.00 bits per heavy atom. The van der Waals surface area contributed by atoms with Gasteiger partial charge >= 0.3 is 0 Å². The highest BCUT2D eigenvalue weighted by Crippen LogP contribution is 2.34. The van der Waals surface area contributed by atoms with Gasteiger partial charge < -0.3 is 4.42 Å². The van der Waals surface area contributed by atoms with Crippen molar-refractivity contribution in [2.75, 3.05) is 10.7 Å². The number of halogens is 2. The highest BCUT2D eigenvalue weighted by Gasteiger charge is 2.30. The molecule has 0 saturated carbocycles. The minimum Gasteiger partial charge on any atom is -0.469 e. The molecule has 0 radical (unpaired) electrons. The Balaban J connectivity index is 2.71. The van der Waals surface area contributed by atoms with E-state index in [0.717, 1.165) is 22.8 Å². The van der Waals surface area contributed by atoms with E-state index in [1.54, 1.807) is 6.26 Å². The van der Waals surface area contributed by atoms with Gasteiger partial charge in [-0.15, -0.1) is 0 Å². The molecular formula is C12H18Br2O. The fourth-order valence-electron chi connectivity index (χ4n) is 1.96. The first-order chi connectivity index (χ1) is 7.12. The molecule has 0 N–H and O–H groups in total. The monoisotopic (exact) mass is 336 g/mol. The molecule has 1 heterocycles. The molecule has 0 fully saturated rings. The average molecular weight is 338 g/mol. The standard InChI is InChI=1S/C12H18Br2O/c1-10(2)6-12(8-13,9-14)7-11-4-3-5-15-11/h3-5,10H,6-9H2,1-2H3. The van der Waals surface area contributed by atoms with Crippen LogP contribution in [0.25, 0.3) is 0 Å². The first-order valence-electron chi connectivity index (χ1n) is 5.26. The van der Waals surface area contributed by atoms with Gasteiger partial charge in [-0.05, 0) is 29.9 Å². The number of furan rings is 1. The minimum atomic E-state index is 0.270. The zero-order chi connectivity index (χ0) is 11.3. The fraction of sp³-hybridized carbons (Fsp3) is 0.667. The topological polar surface area (TPSA) is 13.1 Å². The van der Waals surface area contributed by atoms with Gasteiger partial charge in [0.2, 0.25) is 0 Å². The molecule has 86 valence electrons. The lowest BCUT2D eigenvalue weighted by Crippen LogP contribution is -2.29. The third-order valence-electron chi connectivity index (χ3n) is 2.54. The van der Waals surface area contributed by atoms with Crippen molar-refractivity contribution in [2.45, 2.75) is 26.7 Å². The van der Waals surface area contributed by atoms with E-state index < -0.39 is 0 Å². The van der Waals surface area contributed by atoms with Gasteiger partial charge in [-0.2, -0.15) is 0 Å². The van der Waals surface area contributed by atoms with Gasteiger partial charge in [0, 0.05) is 17.1 Å². The Labute approximate surface area is 109 Å². The molecule has 0 aromatic carbocycles. The molecule has 0 amide bonds. The van der Waals surface area contributed by atoms with Crippen LogP contribution in [-0.2, 0) is 6.42 Å².